The Morgan fingerprint density at radius 2 is 2.21 bits per heavy atom. The summed E-state index contributed by atoms with van der Waals surface area (Å²) < 4.78 is 0. The highest BCUT2D eigenvalue weighted by atomic mass is 16.3. The van der Waals surface area contributed by atoms with Crippen LogP contribution in [0.2, 0.25) is 0 Å². The van der Waals surface area contributed by atoms with Gasteiger partial charge in [0.25, 0.3) is 0 Å². The SMILES string of the molecule is CC(CO)C1Cc2ccccc2N1C. The lowest BCUT2D eigenvalue weighted by Crippen LogP contribution is -2.35. The second kappa shape index (κ2) is 3.62. The van der Waals surface area contributed by atoms with E-state index in [9.17, 15) is 0 Å². The van der Waals surface area contributed by atoms with Crippen molar-refractivity contribution in [3.05, 3.63) is 29.8 Å². The van der Waals surface area contributed by atoms with E-state index in [0.29, 0.717) is 12.0 Å². The predicted octanol–water partition coefficient (Wildman–Crippen LogP) is 1.68. The molecule has 0 aromatic heterocycles. The zero-order valence-electron chi connectivity index (χ0n) is 8.77. The summed E-state index contributed by atoms with van der Waals surface area (Å²) in [5.74, 6) is 0.340. The van der Waals surface area contributed by atoms with Gasteiger partial charge in [0.2, 0.25) is 0 Å². The Morgan fingerprint density at radius 1 is 1.50 bits per heavy atom. The van der Waals surface area contributed by atoms with Gasteiger partial charge in [0.15, 0.2) is 0 Å². The maximum atomic E-state index is 9.17. The number of anilines is 1. The molecule has 0 saturated carbocycles. The van der Waals surface area contributed by atoms with Crippen LogP contribution in [0.5, 0.6) is 0 Å². The highest BCUT2D eigenvalue weighted by Gasteiger charge is 2.29. The number of nitrogens with zero attached hydrogens (tertiary/aromatic N) is 1. The average molecular weight is 191 g/mol. The van der Waals surface area contributed by atoms with Crippen LogP contribution >= 0.6 is 0 Å². The second-order valence-corrected chi connectivity index (χ2v) is 4.17. The summed E-state index contributed by atoms with van der Waals surface area (Å²) in [6.45, 7) is 2.37. The fourth-order valence-electron chi connectivity index (χ4n) is 2.27. The molecule has 2 rings (SSSR count). The molecule has 1 N–H and O–H groups in total. The summed E-state index contributed by atoms with van der Waals surface area (Å²) in [7, 11) is 2.11. The van der Waals surface area contributed by atoms with E-state index in [-0.39, 0.29) is 6.61 Å². The fourth-order valence-corrected chi connectivity index (χ4v) is 2.27. The van der Waals surface area contributed by atoms with Crippen molar-refractivity contribution in [1.29, 1.82) is 0 Å². The van der Waals surface area contributed by atoms with Crippen molar-refractivity contribution in [3.8, 4) is 0 Å². The minimum Gasteiger partial charge on any atom is -0.396 e. The predicted molar refractivity (Wildman–Crippen MR) is 58.6 cm³/mol. The van der Waals surface area contributed by atoms with Gasteiger partial charge in [0.05, 0.1) is 0 Å². The van der Waals surface area contributed by atoms with E-state index < -0.39 is 0 Å². The highest BCUT2D eigenvalue weighted by Crippen LogP contribution is 2.33. The van der Waals surface area contributed by atoms with Crippen molar-refractivity contribution >= 4 is 5.69 Å². The van der Waals surface area contributed by atoms with E-state index in [0.717, 1.165) is 6.42 Å². The monoisotopic (exact) mass is 191 g/mol. The number of para-hydroxylation sites is 1. The Hall–Kier alpha value is -1.02. The summed E-state index contributed by atoms with van der Waals surface area (Å²) in [4.78, 5) is 2.29. The molecule has 0 saturated heterocycles. The molecule has 0 amide bonds. The molecule has 2 atom stereocenters. The molecule has 0 aliphatic carbocycles. The molecule has 1 aromatic carbocycles. The van der Waals surface area contributed by atoms with Crippen LogP contribution in [0.15, 0.2) is 24.3 Å². The van der Waals surface area contributed by atoms with Crippen LogP contribution in [0, 0.1) is 5.92 Å². The lowest BCUT2D eigenvalue weighted by atomic mass is 9.99. The summed E-state index contributed by atoms with van der Waals surface area (Å²) in [5.41, 5.74) is 2.72. The lowest BCUT2D eigenvalue weighted by molar-refractivity contribution is 0.216. The van der Waals surface area contributed by atoms with Crippen molar-refractivity contribution in [1.82, 2.24) is 0 Å². The Morgan fingerprint density at radius 3 is 2.86 bits per heavy atom. The van der Waals surface area contributed by atoms with E-state index in [2.05, 4.69) is 43.1 Å². The van der Waals surface area contributed by atoms with Gasteiger partial charge in [0, 0.05) is 25.4 Å². The van der Waals surface area contributed by atoms with Crippen LogP contribution in [0.4, 0.5) is 5.69 Å². The quantitative estimate of drug-likeness (QED) is 0.768. The van der Waals surface area contributed by atoms with Crippen molar-refractivity contribution in [2.24, 2.45) is 5.92 Å². The Labute approximate surface area is 85.2 Å². The van der Waals surface area contributed by atoms with Crippen LogP contribution in [0.25, 0.3) is 0 Å². The van der Waals surface area contributed by atoms with Crippen LogP contribution in [0.1, 0.15) is 12.5 Å². The Kier molecular flexibility index (Phi) is 2.46. The smallest absolute Gasteiger partial charge is 0.0476 e. The molecule has 1 aliphatic heterocycles. The van der Waals surface area contributed by atoms with Gasteiger partial charge in [-0.05, 0) is 24.0 Å². The first-order valence-electron chi connectivity index (χ1n) is 5.15. The number of likely N-dealkylation sites (N-methyl/N-ethyl adjacent to an activating group) is 1. The molecule has 1 heterocycles. The number of rotatable bonds is 2. The third kappa shape index (κ3) is 1.40. The third-order valence-electron chi connectivity index (χ3n) is 3.24. The maximum Gasteiger partial charge on any atom is 0.0476 e. The van der Waals surface area contributed by atoms with E-state index in [4.69, 9.17) is 5.11 Å². The topological polar surface area (TPSA) is 23.5 Å². The largest absolute Gasteiger partial charge is 0.396 e. The second-order valence-electron chi connectivity index (χ2n) is 4.17. The van der Waals surface area contributed by atoms with Gasteiger partial charge in [-0.3, -0.25) is 0 Å². The summed E-state index contributed by atoms with van der Waals surface area (Å²) in [6.07, 6.45) is 1.06. The zero-order chi connectivity index (χ0) is 10.1. The number of fused-ring (bicyclic) bond motifs is 1. The number of aliphatic hydroxyl groups excluding tert-OH is 1. The van der Waals surface area contributed by atoms with Crippen molar-refractivity contribution in [2.45, 2.75) is 19.4 Å². The molecule has 0 radical (unpaired) electrons. The molecular weight excluding hydrogens is 174 g/mol. The maximum absolute atomic E-state index is 9.17. The molecule has 0 bridgehead atoms. The van der Waals surface area contributed by atoms with Crippen LogP contribution in [-0.4, -0.2) is 24.8 Å². The highest BCUT2D eigenvalue weighted by molar-refractivity contribution is 5.58. The molecule has 2 nitrogen and oxygen atoms in total. The molecule has 2 heteroatoms. The van der Waals surface area contributed by atoms with Crippen molar-refractivity contribution < 1.29 is 5.11 Å². The molecule has 76 valence electrons. The van der Waals surface area contributed by atoms with Crippen molar-refractivity contribution in [3.63, 3.8) is 0 Å². The molecule has 2 unspecified atom stereocenters. The van der Waals surface area contributed by atoms with Crippen molar-refractivity contribution in [2.75, 3.05) is 18.6 Å². The van der Waals surface area contributed by atoms with Gasteiger partial charge < -0.3 is 10.0 Å². The molecular formula is C12H17NO. The normalized spacial score (nSPS) is 22.2. The standard InChI is InChI=1S/C12H17NO/c1-9(8-14)12-7-10-5-3-4-6-11(10)13(12)2/h3-6,9,12,14H,7-8H2,1-2H3. The number of aliphatic hydroxyl groups is 1. The fraction of sp³-hybridized carbons (Fsp3) is 0.500. The molecule has 1 aliphatic rings. The number of benzene rings is 1. The molecule has 0 fully saturated rings. The van der Waals surface area contributed by atoms with E-state index in [1.807, 2.05) is 0 Å². The van der Waals surface area contributed by atoms with E-state index in [1.165, 1.54) is 11.3 Å². The Balaban J connectivity index is 2.25. The molecule has 14 heavy (non-hydrogen) atoms. The average Bonchev–Trinajstić information content (AvgIpc) is 2.56. The lowest BCUT2D eigenvalue weighted by Gasteiger charge is -2.26. The summed E-state index contributed by atoms with van der Waals surface area (Å²) in [6, 6.07) is 8.94. The number of hydrogen-bond acceptors (Lipinski definition) is 2. The minimum absolute atomic E-state index is 0.267. The van der Waals surface area contributed by atoms with E-state index in [1.54, 1.807) is 0 Å². The molecule has 1 aromatic rings. The summed E-state index contributed by atoms with van der Waals surface area (Å²) in [5, 5.41) is 9.17. The van der Waals surface area contributed by atoms with Gasteiger partial charge in [-0.25, -0.2) is 0 Å². The van der Waals surface area contributed by atoms with Crippen LogP contribution in [-0.2, 0) is 6.42 Å². The van der Waals surface area contributed by atoms with Gasteiger partial charge in [0.1, 0.15) is 0 Å². The van der Waals surface area contributed by atoms with Gasteiger partial charge in [-0.1, -0.05) is 25.1 Å². The minimum atomic E-state index is 0.267. The van der Waals surface area contributed by atoms with Gasteiger partial charge >= 0.3 is 0 Å². The first-order chi connectivity index (χ1) is 6.74. The third-order valence-corrected chi connectivity index (χ3v) is 3.24. The van der Waals surface area contributed by atoms with E-state index >= 15 is 0 Å². The first kappa shape index (κ1) is 9.53. The molecule has 0 spiro atoms. The van der Waals surface area contributed by atoms with Gasteiger partial charge in [-0.15, -0.1) is 0 Å². The first-order valence-corrected chi connectivity index (χ1v) is 5.15. The summed E-state index contributed by atoms with van der Waals surface area (Å²) >= 11 is 0. The van der Waals surface area contributed by atoms with Gasteiger partial charge in [-0.2, -0.15) is 0 Å². The Bertz CT molecular complexity index is 324. The zero-order valence-corrected chi connectivity index (χ0v) is 8.77. The van der Waals surface area contributed by atoms with Crippen LogP contribution in [0.3, 0.4) is 0 Å². The number of hydrogen-bond donors (Lipinski definition) is 1. The van der Waals surface area contributed by atoms with Crippen LogP contribution < -0.4 is 4.90 Å².